The molecule has 1 aliphatic heterocycles. The molecule has 3 atom stereocenters. The Labute approximate surface area is 107 Å². The fraction of sp³-hybridized carbons (Fsp3) is 0.250. The highest BCUT2D eigenvalue weighted by Crippen LogP contribution is 2.43. The molecule has 0 saturated carbocycles. The lowest BCUT2D eigenvalue weighted by atomic mass is 9.83. The number of ether oxygens (including phenoxy) is 1. The number of aliphatic hydroxyl groups excluding tert-OH is 1. The van der Waals surface area contributed by atoms with Crippen LogP contribution < -0.4 is 4.74 Å². The van der Waals surface area contributed by atoms with Gasteiger partial charge >= 0.3 is 0 Å². The summed E-state index contributed by atoms with van der Waals surface area (Å²) in [5, 5.41) is 10.6. The molecule has 18 heavy (non-hydrogen) atoms. The van der Waals surface area contributed by atoms with E-state index in [1.54, 1.807) is 0 Å². The van der Waals surface area contributed by atoms with Crippen LogP contribution in [0.25, 0.3) is 0 Å². The molecular weight excluding hydrogens is 224 g/mol. The van der Waals surface area contributed by atoms with Crippen molar-refractivity contribution in [3.05, 3.63) is 65.7 Å². The van der Waals surface area contributed by atoms with Gasteiger partial charge in [0.2, 0.25) is 0 Å². The second-order valence-electron chi connectivity index (χ2n) is 4.74. The monoisotopic (exact) mass is 240 g/mol. The number of hydrogen-bond acceptors (Lipinski definition) is 2. The Bertz CT molecular complexity index is 536. The third-order valence-corrected chi connectivity index (χ3v) is 3.58. The molecule has 92 valence electrons. The summed E-state index contributed by atoms with van der Waals surface area (Å²) in [4.78, 5) is 0. The summed E-state index contributed by atoms with van der Waals surface area (Å²) in [5.74, 6) is 0.783. The van der Waals surface area contributed by atoms with Gasteiger partial charge < -0.3 is 9.84 Å². The van der Waals surface area contributed by atoms with Crippen LogP contribution in [0.15, 0.2) is 54.6 Å². The third-order valence-electron chi connectivity index (χ3n) is 3.58. The zero-order valence-electron chi connectivity index (χ0n) is 10.3. The van der Waals surface area contributed by atoms with E-state index in [1.165, 1.54) is 0 Å². The number of fused-ring (bicyclic) bond motifs is 1. The largest absolute Gasteiger partial charge is 0.490 e. The third kappa shape index (κ3) is 1.79. The highest BCUT2D eigenvalue weighted by molar-refractivity contribution is 5.40. The van der Waals surface area contributed by atoms with Crippen molar-refractivity contribution < 1.29 is 9.84 Å². The van der Waals surface area contributed by atoms with Gasteiger partial charge in [0.25, 0.3) is 0 Å². The number of para-hydroxylation sites is 1. The minimum absolute atomic E-state index is 0.0129. The number of rotatable bonds is 1. The molecular formula is C16H16O2. The predicted molar refractivity (Wildman–Crippen MR) is 70.7 cm³/mol. The summed E-state index contributed by atoms with van der Waals surface area (Å²) in [7, 11) is 0. The molecule has 3 unspecified atom stereocenters. The van der Waals surface area contributed by atoms with Gasteiger partial charge in [-0.1, -0.05) is 48.5 Å². The molecule has 0 spiro atoms. The van der Waals surface area contributed by atoms with E-state index < -0.39 is 6.10 Å². The topological polar surface area (TPSA) is 29.5 Å². The zero-order chi connectivity index (χ0) is 12.5. The first-order chi connectivity index (χ1) is 8.77. The first-order valence-corrected chi connectivity index (χ1v) is 6.26. The van der Waals surface area contributed by atoms with Gasteiger partial charge in [0.15, 0.2) is 0 Å². The van der Waals surface area contributed by atoms with Gasteiger partial charge in [-0.2, -0.15) is 0 Å². The summed E-state index contributed by atoms with van der Waals surface area (Å²) in [6.45, 7) is 2.01. The lowest BCUT2D eigenvalue weighted by Crippen LogP contribution is -2.32. The van der Waals surface area contributed by atoms with Crippen LogP contribution in [0.4, 0.5) is 0 Å². The van der Waals surface area contributed by atoms with E-state index >= 15 is 0 Å². The maximum absolute atomic E-state index is 10.6. The molecule has 2 heteroatoms. The Morgan fingerprint density at radius 3 is 2.39 bits per heavy atom. The molecule has 0 aromatic heterocycles. The molecule has 2 nitrogen and oxygen atoms in total. The van der Waals surface area contributed by atoms with Crippen LogP contribution >= 0.6 is 0 Å². The van der Waals surface area contributed by atoms with Crippen LogP contribution in [-0.4, -0.2) is 11.2 Å². The summed E-state index contributed by atoms with van der Waals surface area (Å²) in [5.41, 5.74) is 2.00. The molecule has 0 fully saturated rings. The van der Waals surface area contributed by atoms with Crippen molar-refractivity contribution in [2.75, 3.05) is 0 Å². The van der Waals surface area contributed by atoms with Gasteiger partial charge in [0.05, 0.1) is 12.0 Å². The second-order valence-corrected chi connectivity index (χ2v) is 4.74. The highest BCUT2D eigenvalue weighted by Gasteiger charge is 2.35. The maximum atomic E-state index is 10.6. The van der Waals surface area contributed by atoms with E-state index in [9.17, 15) is 5.11 Å². The van der Waals surface area contributed by atoms with Crippen LogP contribution in [-0.2, 0) is 0 Å². The van der Waals surface area contributed by atoms with Crippen LogP contribution in [0.3, 0.4) is 0 Å². The minimum Gasteiger partial charge on any atom is -0.490 e. The number of aliphatic hydroxyl groups is 1. The average Bonchev–Trinajstić information content (AvgIpc) is 2.40. The average molecular weight is 240 g/mol. The lowest BCUT2D eigenvalue weighted by Gasteiger charge is -2.35. The quantitative estimate of drug-likeness (QED) is 0.828. The molecule has 2 aromatic rings. The van der Waals surface area contributed by atoms with E-state index in [0.29, 0.717) is 0 Å². The molecule has 0 aliphatic carbocycles. The summed E-state index contributed by atoms with van der Waals surface area (Å²) >= 11 is 0. The molecule has 1 N–H and O–H groups in total. The van der Waals surface area contributed by atoms with Crippen molar-refractivity contribution in [2.24, 2.45) is 0 Å². The highest BCUT2D eigenvalue weighted by atomic mass is 16.5. The molecule has 0 radical (unpaired) electrons. The zero-order valence-corrected chi connectivity index (χ0v) is 10.3. The lowest BCUT2D eigenvalue weighted by molar-refractivity contribution is 0.0474. The molecule has 3 rings (SSSR count). The first kappa shape index (κ1) is 11.3. The summed E-state index contributed by atoms with van der Waals surface area (Å²) in [6, 6.07) is 17.8. The Balaban J connectivity index is 2.03. The van der Waals surface area contributed by atoms with E-state index in [0.717, 1.165) is 16.9 Å². The van der Waals surface area contributed by atoms with Crippen molar-refractivity contribution in [3.63, 3.8) is 0 Å². The number of benzene rings is 2. The smallest absolute Gasteiger partial charge is 0.125 e. The minimum atomic E-state index is -0.507. The first-order valence-electron chi connectivity index (χ1n) is 6.26. The fourth-order valence-corrected chi connectivity index (χ4v) is 2.68. The van der Waals surface area contributed by atoms with Crippen molar-refractivity contribution in [3.8, 4) is 5.75 Å². The Morgan fingerprint density at radius 2 is 1.61 bits per heavy atom. The normalized spacial score (nSPS) is 26.2. The van der Waals surface area contributed by atoms with Gasteiger partial charge in [0, 0.05) is 5.56 Å². The summed E-state index contributed by atoms with van der Waals surface area (Å²) < 4.78 is 5.91. The fourth-order valence-electron chi connectivity index (χ4n) is 2.68. The maximum Gasteiger partial charge on any atom is 0.125 e. The molecule has 0 amide bonds. The van der Waals surface area contributed by atoms with Crippen molar-refractivity contribution in [2.45, 2.75) is 25.0 Å². The second kappa shape index (κ2) is 4.46. The van der Waals surface area contributed by atoms with Crippen LogP contribution in [0, 0.1) is 0 Å². The SMILES string of the molecule is CC1Oc2ccccc2C(O)C1c1ccccc1. The Kier molecular flexibility index (Phi) is 2.80. The Morgan fingerprint density at radius 1 is 0.944 bits per heavy atom. The molecule has 0 bridgehead atoms. The van der Waals surface area contributed by atoms with Crippen molar-refractivity contribution in [1.29, 1.82) is 0 Å². The molecule has 2 aromatic carbocycles. The van der Waals surface area contributed by atoms with Crippen LogP contribution in [0.2, 0.25) is 0 Å². The Hall–Kier alpha value is -1.80. The van der Waals surface area contributed by atoms with Gasteiger partial charge in [0.1, 0.15) is 11.9 Å². The van der Waals surface area contributed by atoms with Gasteiger partial charge in [-0.15, -0.1) is 0 Å². The summed E-state index contributed by atoms with van der Waals surface area (Å²) in [6.07, 6.45) is -0.537. The van der Waals surface area contributed by atoms with Gasteiger partial charge in [-0.05, 0) is 18.6 Å². The van der Waals surface area contributed by atoms with Crippen molar-refractivity contribution >= 4 is 0 Å². The van der Waals surface area contributed by atoms with Crippen LogP contribution in [0.5, 0.6) is 5.75 Å². The standard InChI is InChI=1S/C16H16O2/c1-11-15(12-7-3-2-4-8-12)16(17)13-9-5-6-10-14(13)18-11/h2-11,15-17H,1H3. The van der Waals surface area contributed by atoms with Gasteiger partial charge in [-0.25, -0.2) is 0 Å². The molecule has 1 aliphatic rings. The molecule has 1 heterocycles. The van der Waals surface area contributed by atoms with E-state index in [2.05, 4.69) is 0 Å². The molecule has 0 saturated heterocycles. The van der Waals surface area contributed by atoms with Crippen molar-refractivity contribution in [1.82, 2.24) is 0 Å². The van der Waals surface area contributed by atoms with Gasteiger partial charge in [-0.3, -0.25) is 0 Å². The van der Waals surface area contributed by atoms with E-state index in [1.807, 2.05) is 61.5 Å². The predicted octanol–water partition coefficient (Wildman–Crippen LogP) is 3.28. The van der Waals surface area contributed by atoms with Crippen LogP contribution in [0.1, 0.15) is 30.1 Å². The van der Waals surface area contributed by atoms with E-state index in [4.69, 9.17) is 4.74 Å². The van der Waals surface area contributed by atoms with E-state index in [-0.39, 0.29) is 12.0 Å². The number of hydrogen-bond donors (Lipinski definition) is 1.